The molecule has 0 atom stereocenters. The summed E-state index contributed by atoms with van der Waals surface area (Å²) in [6, 6.07) is 18.2. The first-order valence-corrected chi connectivity index (χ1v) is 11.5. The Morgan fingerprint density at radius 1 is 1.13 bits per heavy atom. The van der Waals surface area contributed by atoms with E-state index in [1.807, 2.05) is 35.7 Å². The van der Waals surface area contributed by atoms with Crippen molar-refractivity contribution in [3.8, 4) is 5.75 Å². The second-order valence-electron chi connectivity index (χ2n) is 7.62. The molecule has 0 aliphatic heterocycles. The van der Waals surface area contributed by atoms with Gasteiger partial charge in [0.05, 0.1) is 22.5 Å². The summed E-state index contributed by atoms with van der Waals surface area (Å²) in [5.74, 6) is 1.91. The van der Waals surface area contributed by atoms with Crippen LogP contribution in [0.3, 0.4) is 0 Å². The van der Waals surface area contributed by atoms with E-state index in [2.05, 4.69) is 48.0 Å². The molecule has 6 heteroatoms. The Morgan fingerprint density at radius 3 is 2.84 bits per heavy atom. The minimum absolute atomic E-state index is 0.0282. The SMILES string of the molecule is Cc1ccc(C)c(OCCCn2c(CCNC(=O)c3cccs3)nc3ccccc32)c1. The van der Waals surface area contributed by atoms with Gasteiger partial charge in [-0.1, -0.05) is 30.3 Å². The highest BCUT2D eigenvalue weighted by Gasteiger charge is 2.12. The minimum Gasteiger partial charge on any atom is -0.493 e. The Bertz CT molecular complexity index is 1160. The number of hydrogen-bond acceptors (Lipinski definition) is 4. The highest BCUT2D eigenvalue weighted by atomic mass is 32.1. The number of benzene rings is 2. The van der Waals surface area contributed by atoms with E-state index in [9.17, 15) is 4.79 Å². The molecule has 31 heavy (non-hydrogen) atoms. The van der Waals surface area contributed by atoms with Crippen LogP contribution in [0.2, 0.25) is 0 Å². The second-order valence-corrected chi connectivity index (χ2v) is 8.57. The monoisotopic (exact) mass is 433 g/mol. The van der Waals surface area contributed by atoms with Gasteiger partial charge in [0, 0.05) is 19.5 Å². The molecule has 1 amide bonds. The van der Waals surface area contributed by atoms with E-state index in [0.717, 1.165) is 46.0 Å². The lowest BCUT2D eigenvalue weighted by molar-refractivity contribution is 0.0958. The molecule has 0 bridgehead atoms. The Kier molecular flexibility index (Phi) is 6.67. The Balaban J connectivity index is 1.39. The number of amides is 1. The van der Waals surface area contributed by atoms with Crippen LogP contribution in [-0.2, 0) is 13.0 Å². The lowest BCUT2D eigenvalue weighted by Crippen LogP contribution is -2.25. The van der Waals surface area contributed by atoms with Crippen LogP contribution in [0.25, 0.3) is 11.0 Å². The molecule has 1 N–H and O–H groups in total. The maximum absolute atomic E-state index is 12.2. The third-order valence-electron chi connectivity index (χ3n) is 5.24. The number of hydrogen-bond donors (Lipinski definition) is 1. The fraction of sp³-hybridized carbons (Fsp3) is 0.280. The normalized spacial score (nSPS) is 11.0. The molecule has 160 valence electrons. The number of rotatable bonds is 9. The van der Waals surface area contributed by atoms with Crippen LogP contribution in [0.4, 0.5) is 0 Å². The first-order chi connectivity index (χ1) is 15.1. The predicted octanol–water partition coefficient (Wildman–Crippen LogP) is 5.16. The van der Waals surface area contributed by atoms with Gasteiger partial charge in [-0.25, -0.2) is 4.98 Å². The van der Waals surface area contributed by atoms with Crippen molar-refractivity contribution in [2.24, 2.45) is 0 Å². The molecule has 2 aromatic carbocycles. The zero-order valence-electron chi connectivity index (χ0n) is 17.9. The Hall–Kier alpha value is -3.12. The summed E-state index contributed by atoms with van der Waals surface area (Å²) in [4.78, 5) is 17.7. The third kappa shape index (κ3) is 5.14. The molecule has 5 nitrogen and oxygen atoms in total. The van der Waals surface area contributed by atoms with Crippen molar-refractivity contribution in [3.05, 3.63) is 81.8 Å². The zero-order chi connectivity index (χ0) is 21.6. The molecular weight excluding hydrogens is 406 g/mol. The van der Waals surface area contributed by atoms with Gasteiger partial charge in [-0.05, 0) is 61.0 Å². The molecule has 0 spiro atoms. The molecule has 0 saturated carbocycles. The van der Waals surface area contributed by atoms with Crippen LogP contribution in [0.15, 0.2) is 60.0 Å². The van der Waals surface area contributed by atoms with Gasteiger partial charge in [0.15, 0.2) is 0 Å². The molecular formula is C25H27N3O2S. The van der Waals surface area contributed by atoms with E-state index in [-0.39, 0.29) is 5.91 Å². The lowest BCUT2D eigenvalue weighted by Gasteiger charge is -2.12. The van der Waals surface area contributed by atoms with Crippen LogP contribution >= 0.6 is 11.3 Å². The van der Waals surface area contributed by atoms with Crippen LogP contribution in [0.1, 0.15) is 33.0 Å². The van der Waals surface area contributed by atoms with E-state index in [4.69, 9.17) is 9.72 Å². The average molecular weight is 434 g/mol. The fourth-order valence-corrected chi connectivity index (χ4v) is 4.26. The largest absolute Gasteiger partial charge is 0.493 e. The number of imidazole rings is 1. The van der Waals surface area contributed by atoms with Crippen molar-refractivity contribution >= 4 is 28.3 Å². The van der Waals surface area contributed by atoms with Gasteiger partial charge in [0.2, 0.25) is 0 Å². The fourth-order valence-electron chi connectivity index (χ4n) is 3.62. The molecule has 0 radical (unpaired) electrons. The highest BCUT2D eigenvalue weighted by molar-refractivity contribution is 7.12. The third-order valence-corrected chi connectivity index (χ3v) is 6.11. The number of para-hydroxylation sites is 2. The number of thiophene rings is 1. The Labute approximate surface area is 186 Å². The van der Waals surface area contributed by atoms with E-state index < -0.39 is 0 Å². The number of aromatic nitrogens is 2. The molecule has 0 saturated heterocycles. The summed E-state index contributed by atoms with van der Waals surface area (Å²) in [6.07, 6.45) is 1.56. The molecule has 4 rings (SSSR count). The van der Waals surface area contributed by atoms with Gasteiger partial charge in [-0.3, -0.25) is 4.79 Å². The highest BCUT2D eigenvalue weighted by Crippen LogP contribution is 2.20. The van der Waals surface area contributed by atoms with Crippen LogP contribution in [0.5, 0.6) is 5.75 Å². The predicted molar refractivity (Wildman–Crippen MR) is 126 cm³/mol. The zero-order valence-corrected chi connectivity index (χ0v) is 18.7. The first-order valence-electron chi connectivity index (χ1n) is 10.6. The summed E-state index contributed by atoms with van der Waals surface area (Å²) in [5.41, 5.74) is 4.46. The Morgan fingerprint density at radius 2 is 2.00 bits per heavy atom. The van der Waals surface area contributed by atoms with Crippen LogP contribution < -0.4 is 10.1 Å². The molecule has 0 aliphatic carbocycles. The van der Waals surface area contributed by atoms with Crippen LogP contribution in [0, 0.1) is 13.8 Å². The number of carbonyl (C=O) groups is 1. The average Bonchev–Trinajstić information content (AvgIpc) is 3.42. The van der Waals surface area contributed by atoms with E-state index in [0.29, 0.717) is 19.6 Å². The van der Waals surface area contributed by atoms with Crippen molar-refractivity contribution < 1.29 is 9.53 Å². The van der Waals surface area contributed by atoms with Crippen molar-refractivity contribution in [3.63, 3.8) is 0 Å². The molecule has 2 aromatic heterocycles. The maximum Gasteiger partial charge on any atom is 0.261 e. The topological polar surface area (TPSA) is 56.1 Å². The van der Waals surface area contributed by atoms with Crippen molar-refractivity contribution in [1.29, 1.82) is 0 Å². The van der Waals surface area contributed by atoms with Gasteiger partial charge in [-0.2, -0.15) is 0 Å². The van der Waals surface area contributed by atoms with E-state index in [1.54, 1.807) is 0 Å². The smallest absolute Gasteiger partial charge is 0.261 e. The minimum atomic E-state index is -0.0282. The standard InChI is InChI=1S/C25H27N3O2S/c1-18-10-11-19(2)22(17-18)30-15-6-14-28-21-8-4-3-7-20(21)27-24(28)12-13-26-25(29)23-9-5-16-31-23/h3-5,7-11,16-17H,6,12-15H2,1-2H3,(H,26,29). The molecule has 0 aliphatic rings. The van der Waals surface area contributed by atoms with Gasteiger partial charge < -0.3 is 14.6 Å². The first kappa shape index (κ1) is 21.1. The van der Waals surface area contributed by atoms with Gasteiger partial charge in [-0.15, -0.1) is 11.3 Å². The van der Waals surface area contributed by atoms with E-state index >= 15 is 0 Å². The molecule has 2 heterocycles. The number of carbonyl (C=O) groups excluding carboxylic acids is 1. The lowest BCUT2D eigenvalue weighted by atomic mass is 10.1. The van der Waals surface area contributed by atoms with Crippen molar-refractivity contribution in [1.82, 2.24) is 14.9 Å². The number of aryl methyl sites for hydroxylation is 3. The van der Waals surface area contributed by atoms with Crippen molar-refractivity contribution in [2.75, 3.05) is 13.2 Å². The number of fused-ring (bicyclic) bond motifs is 1. The van der Waals surface area contributed by atoms with E-state index in [1.165, 1.54) is 16.9 Å². The van der Waals surface area contributed by atoms with Crippen molar-refractivity contribution in [2.45, 2.75) is 33.2 Å². The number of ether oxygens (including phenoxy) is 1. The molecule has 0 fully saturated rings. The van der Waals surface area contributed by atoms with Gasteiger partial charge in [0.1, 0.15) is 11.6 Å². The summed E-state index contributed by atoms with van der Waals surface area (Å²) in [5, 5.41) is 4.91. The van der Waals surface area contributed by atoms with Gasteiger partial charge in [0.25, 0.3) is 5.91 Å². The molecule has 4 aromatic rings. The summed E-state index contributed by atoms with van der Waals surface area (Å²) < 4.78 is 8.28. The summed E-state index contributed by atoms with van der Waals surface area (Å²) in [7, 11) is 0. The second kappa shape index (κ2) is 9.79. The summed E-state index contributed by atoms with van der Waals surface area (Å²) in [6.45, 7) is 6.16. The number of nitrogens with one attached hydrogen (secondary N) is 1. The summed E-state index contributed by atoms with van der Waals surface area (Å²) >= 11 is 1.45. The van der Waals surface area contributed by atoms with Gasteiger partial charge >= 0.3 is 0 Å². The quantitative estimate of drug-likeness (QED) is 0.371. The molecule has 0 unspecified atom stereocenters. The maximum atomic E-state index is 12.2. The van der Waals surface area contributed by atoms with Crippen LogP contribution in [-0.4, -0.2) is 28.6 Å². The number of nitrogens with zero attached hydrogens (tertiary/aromatic N) is 2.